The number of hydrogen-bond acceptors (Lipinski definition) is 1. The van der Waals surface area contributed by atoms with Gasteiger partial charge in [-0.15, -0.1) is 0 Å². The number of halogens is 3. The fourth-order valence-electron chi connectivity index (χ4n) is 1.21. The van der Waals surface area contributed by atoms with E-state index in [0.717, 1.165) is 0 Å². The van der Waals surface area contributed by atoms with Gasteiger partial charge in [-0.1, -0.05) is 18.2 Å². The van der Waals surface area contributed by atoms with Crippen molar-refractivity contribution in [2.45, 2.75) is 19.6 Å². The first-order chi connectivity index (χ1) is 6.20. The molecule has 13 heavy (non-hydrogen) atoms. The molecule has 0 unspecified atom stereocenters. The van der Waals surface area contributed by atoms with E-state index in [-0.39, 0.29) is 17.7 Å². The maximum atomic E-state index is 12.4. The van der Waals surface area contributed by atoms with Crippen LogP contribution in [0.4, 0.5) is 13.2 Å². The Morgan fingerprint density at radius 1 is 1.31 bits per heavy atom. The Morgan fingerprint density at radius 3 is 2.46 bits per heavy atom. The Labute approximate surface area is 74.4 Å². The minimum absolute atomic E-state index is 0.0278. The fourth-order valence-corrected chi connectivity index (χ4v) is 1.21. The van der Waals surface area contributed by atoms with Crippen molar-refractivity contribution in [3.63, 3.8) is 0 Å². The van der Waals surface area contributed by atoms with Gasteiger partial charge in [0.05, 0.1) is 0 Å². The normalized spacial score (nSPS) is 10.8. The number of benzene rings is 1. The predicted molar refractivity (Wildman–Crippen MR) is 44.1 cm³/mol. The quantitative estimate of drug-likeness (QED) is 0.776. The highest BCUT2D eigenvalue weighted by atomic mass is 19.3. The number of hydrogen-bond donors (Lipinski definition) is 1. The molecule has 1 nitrogen and oxygen atoms in total. The van der Waals surface area contributed by atoms with Crippen LogP contribution >= 0.6 is 0 Å². The first kappa shape index (κ1) is 10.1. The van der Waals surface area contributed by atoms with E-state index < -0.39 is 13.1 Å². The molecule has 0 saturated carbocycles. The summed E-state index contributed by atoms with van der Waals surface area (Å²) in [6.07, 6.45) is -2.64. The third kappa shape index (κ3) is 2.01. The van der Waals surface area contributed by atoms with E-state index in [1.54, 1.807) is 6.07 Å². The average Bonchev–Trinajstić information content (AvgIpc) is 2.16. The van der Waals surface area contributed by atoms with Gasteiger partial charge in [-0.3, -0.25) is 0 Å². The van der Waals surface area contributed by atoms with Crippen LogP contribution in [0.25, 0.3) is 0 Å². The zero-order valence-electron chi connectivity index (χ0n) is 6.93. The highest BCUT2D eigenvalue weighted by molar-refractivity contribution is 5.35. The van der Waals surface area contributed by atoms with Gasteiger partial charge in [0, 0.05) is 12.1 Å². The van der Waals surface area contributed by atoms with E-state index in [1.165, 1.54) is 12.1 Å². The Kier molecular flexibility index (Phi) is 3.31. The lowest BCUT2D eigenvalue weighted by molar-refractivity contribution is 0.149. The van der Waals surface area contributed by atoms with Gasteiger partial charge in [-0.05, 0) is 11.1 Å². The predicted octanol–water partition coefficient (Wildman–Crippen LogP) is 2.55. The molecule has 0 amide bonds. The molecule has 0 saturated heterocycles. The smallest absolute Gasteiger partial charge is 0.264 e. The Hall–Kier alpha value is -1.03. The summed E-state index contributed by atoms with van der Waals surface area (Å²) >= 11 is 0. The average molecular weight is 189 g/mol. The summed E-state index contributed by atoms with van der Waals surface area (Å²) in [4.78, 5) is 0. The third-order valence-corrected chi connectivity index (χ3v) is 1.90. The van der Waals surface area contributed by atoms with Crippen LogP contribution in [0.3, 0.4) is 0 Å². The van der Waals surface area contributed by atoms with Crippen LogP contribution in [0, 0.1) is 0 Å². The summed E-state index contributed by atoms with van der Waals surface area (Å²) in [7, 11) is 0. The van der Waals surface area contributed by atoms with Crippen molar-refractivity contribution in [3.8, 4) is 0 Å². The van der Waals surface area contributed by atoms with Crippen LogP contribution in [0.2, 0.25) is 0 Å². The standard InChI is InChI=1S/C9H10F3N/c10-4-8-6(5-13)2-1-3-7(8)9(11)12/h1-3,9H,4-5,13H2. The topological polar surface area (TPSA) is 26.0 Å². The molecule has 0 aromatic heterocycles. The highest BCUT2D eigenvalue weighted by Crippen LogP contribution is 2.25. The first-order valence-electron chi connectivity index (χ1n) is 3.85. The summed E-state index contributed by atoms with van der Waals surface area (Å²) in [5, 5.41) is 0. The van der Waals surface area contributed by atoms with Gasteiger partial charge in [0.25, 0.3) is 6.43 Å². The maximum Gasteiger partial charge on any atom is 0.264 e. The van der Waals surface area contributed by atoms with E-state index in [9.17, 15) is 13.2 Å². The molecule has 0 spiro atoms. The Morgan fingerprint density at radius 2 is 2.00 bits per heavy atom. The van der Waals surface area contributed by atoms with Gasteiger partial charge >= 0.3 is 0 Å². The minimum Gasteiger partial charge on any atom is -0.326 e. The molecule has 0 atom stereocenters. The van der Waals surface area contributed by atoms with Crippen LogP contribution in [0.15, 0.2) is 18.2 Å². The Balaban J connectivity index is 3.19. The summed E-state index contributed by atoms with van der Waals surface area (Å²) in [6, 6.07) is 4.24. The molecule has 2 N–H and O–H groups in total. The van der Waals surface area contributed by atoms with Gasteiger partial charge in [0.1, 0.15) is 6.67 Å². The Bertz CT molecular complexity index is 286. The first-order valence-corrected chi connectivity index (χ1v) is 3.85. The van der Waals surface area contributed by atoms with Crippen LogP contribution in [-0.2, 0) is 13.2 Å². The highest BCUT2D eigenvalue weighted by Gasteiger charge is 2.14. The van der Waals surface area contributed by atoms with Crippen molar-refractivity contribution in [3.05, 3.63) is 34.9 Å². The lowest BCUT2D eigenvalue weighted by Crippen LogP contribution is -2.04. The van der Waals surface area contributed by atoms with E-state index in [2.05, 4.69) is 0 Å². The molecule has 0 radical (unpaired) electrons. The molecule has 0 aliphatic heterocycles. The molecule has 0 aliphatic carbocycles. The molecule has 1 aromatic rings. The molecular formula is C9H10F3N. The fraction of sp³-hybridized carbons (Fsp3) is 0.333. The van der Waals surface area contributed by atoms with Gasteiger partial charge < -0.3 is 5.73 Å². The summed E-state index contributed by atoms with van der Waals surface area (Å²) < 4.78 is 37.1. The van der Waals surface area contributed by atoms with Crippen molar-refractivity contribution < 1.29 is 13.2 Å². The molecule has 0 bridgehead atoms. The van der Waals surface area contributed by atoms with Crippen LogP contribution < -0.4 is 5.73 Å². The second-order valence-corrected chi connectivity index (χ2v) is 2.62. The molecule has 0 heterocycles. The summed E-state index contributed by atoms with van der Waals surface area (Å²) in [5.74, 6) is 0. The number of nitrogens with two attached hydrogens (primary N) is 1. The van der Waals surface area contributed by atoms with Gasteiger partial charge in [-0.2, -0.15) is 0 Å². The van der Waals surface area contributed by atoms with E-state index in [4.69, 9.17) is 5.73 Å². The van der Waals surface area contributed by atoms with E-state index >= 15 is 0 Å². The van der Waals surface area contributed by atoms with Crippen LogP contribution in [0.1, 0.15) is 23.1 Å². The molecule has 0 aliphatic rings. The second kappa shape index (κ2) is 4.28. The van der Waals surface area contributed by atoms with Crippen molar-refractivity contribution in [1.82, 2.24) is 0 Å². The summed E-state index contributed by atoms with van der Waals surface area (Å²) in [5.41, 5.74) is 5.50. The third-order valence-electron chi connectivity index (χ3n) is 1.90. The molecule has 0 fully saturated rings. The monoisotopic (exact) mass is 189 g/mol. The lowest BCUT2D eigenvalue weighted by Gasteiger charge is -2.09. The lowest BCUT2D eigenvalue weighted by atomic mass is 10.0. The van der Waals surface area contributed by atoms with Crippen molar-refractivity contribution in [2.24, 2.45) is 5.73 Å². The second-order valence-electron chi connectivity index (χ2n) is 2.62. The van der Waals surface area contributed by atoms with E-state index in [1.807, 2.05) is 0 Å². The van der Waals surface area contributed by atoms with Crippen molar-refractivity contribution >= 4 is 0 Å². The summed E-state index contributed by atoms with van der Waals surface area (Å²) in [6.45, 7) is -0.813. The van der Waals surface area contributed by atoms with Gasteiger partial charge in [-0.25, -0.2) is 13.2 Å². The molecule has 1 rings (SSSR count). The van der Waals surface area contributed by atoms with Gasteiger partial charge in [0.2, 0.25) is 0 Å². The molecule has 4 heteroatoms. The number of rotatable bonds is 3. The minimum atomic E-state index is -2.64. The molecule has 72 valence electrons. The zero-order valence-corrected chi connectivity index (χ0v) is 6.93. The molecular weight excluding hydrogens is 179 g/mol. The SMILES string of the molecule is NCc1cccc(C(F)F)c1CF. The molecule has 1 aromatic carbocycles. The van der Waals surface area contributed by atoms with Gasteiger partial charge in [0.15, 0.2) is 0 Å². The van der Waals surface area contributed by atoms with Crippen molar-refractivity contribution in [2.75, 3.05) is 0 Å². The number of alkyl halides is 3. The van der Waals surface area contributed by atoms with Crippen LogP contribution in [-0.4, -0.2) is 0 Å². The van der Waals surface area contributed by atoms with E-state index in [0.29, 0.717) is 5.56 Å². The van der Waals surface area contributed by atoms with Crippen molar-refractivity contribution in [1.29, 1.82) is 0 Å². The zero-order chi connectivity index (χ0) is 9.84. The van der Waals surface area contributed by atoms with Crippen LogP contribution in [0.5, 0.6) is 0 Å². The maximum absolute atomic E-state index is 12.4. The largest absolute Gasteiger partial charge is 0.326 e.